The van der Waals surface area contributed by atoms with Crippen LogP contribution in [-0.2, 0) is 14.2 Å². The summed E-state index contributed by atoms with van der Waals surface area (Å²) in [4.78, 5) is 28.4. The van der Waals surface area contributed by atoms with Crippen LogP contribution in [-0.4, -0.2) is 39.4 Å². The maximum atomic E-state index is 10.6. The Morgan fingerprint density at radius 3 is 1.55 bits per heavy atom. The zero-order valence-electron chi connectivity index (χ0n) is 5.43. The summed E-state index contributed by atoms with van der Waals surface area (Å²) >= 11 is 0. The van der Waals surface area contributed by atoms with Gasteiger partial charge in [0.2, 0.25) is 7.37 Å². The minimum Gasteiger partial charge on any atom is -0.481 e. The molecule has 0 radical (unpaired) electrons. The lowest BCUT2D eigenvalue weighted by Crippen LogP contribution is -2.10. The molecule has 0 heterocycles. The zero-order valence-corrected chi connectivity index (χ0v) is 6.32. The number of aliphatic carboxylic acids is 2. The van der Waals surface area contributed by atoms with Gasteiger partial charge < -0.3 is 15.1 Å². The van der Waals surface area contributed by atoms with Crippen LogP contribution in [0.3, 0.4) is 0 Å². The van der Waals surface area contributed by atoms with Crippen molar-refractivity contribution in [3.8, 4) is 0 Å². The van der Waals surface area contributed by atoms with Crippen LogP contribution in [0.15, 0.2) is 0 Å². The number of carboxylic acids is 2. The molecule has 0 amide bonds. The molecule has 0 aromatic carbocycles. The predicted octanol–water partition coefficient (Wildman–Crippen LogP) is -0.574. The van der Waals surface area contributed by atoms with E-state index < -0.39 is 31.6 Å². The highest BCUT2D eigenvalue weighted by Crippen LogP contribution is 2.39. The van der Waals surface area contributed by atoms with E-state index in [0.717, 1.165) is 0 Å². The van der Waals surface area contributed by atoms with Crippen molar-refractivity contribution in [2.45, 2.75) is 0 Å². The van der Waals surface area contributed by atoms with E-state index in [2.05, 4.69) is 0 Å². The fourth-order valence-electron chi connectivity index (χ4n) is 0.479. The summed E-state index contributed by atoms with van der Waals surface area (Å²) in [6, 6.07) is 0. The van der Waals surface area contributed by atoms with Crippen LogP contribution >= 0.6 is 7.37 Å². The monoisotopic (exact) mass is 182 g/mol. The number of carboxylic acid groups (broad SMARTS) is 2. The maximum Gasteiger partial charge on any atom is 0.313 e. The Kier molecular flexibility index (Phi) is 3.22. The molecule has 0 aliphatic rings. The molecule has 0 aromatic rings. The number of rotatable bonds is 4. The third kappa shape index (κ3) is 5.57. The Labute approximate surface area is 61.9 Å². The van der Waals surface area contributed by atoms with Gasteiger partial charge in [0, 0.05) is 0 Å². The van der Waals surface area contributed by atoms with Crippen molar-refractivity contribution in [2.75, 3.05) is 12.3 Å². The lowest BCUT2D eigenvalue weighted by molar-refractivity contribution is -0.134. The first-order chi connectivity index (χ1) is 4.83. The molecule has 0 saturated heterocycles. The van der Waals surface area contributed by atoms with Crippen molar-refractivity contribution < 1.29 is 29.3 Å². The first-order valence-electron chi connectivity index (χ1n) is 2.58. The number of hydrogen-bond donors (Lipinski definition) is 3. The van der Waals surface area contributed by atoms with Crippen molar-refractivity contribution in [3.63, 3.8) is 0 Å². The first-order valence-corrected chi connectivity index (χ1v) is 4.61. The molecule has 0 spiro atoms. The predicted molar refractivity (Wildman–Crippen MR) is 34.8 cm³/mol. The fourth-order valence-corrected chi connectivity index (χ4v) is 1.44. The summed E-state index contributed by atoms with van der Waals surface area (Å²) in [5, 5.41) is 16.1. The minimum atomic E-state index is -4.00. The van der Waals surface area contributed by atoms with Gasteiger partial charge in [-0.2, -0.15) is 0 Å². The molecular weight excluding hydrogens is 175 g/mol. The summed E-state index contributed by atoms with van der Waals surface area (Å²) in [5.74, 6) is -2.95. The summed E-state index contributed by atoms with van der Waals surface area (Å²) in [5.41, 5.74) is 0. The summed E-state index contributed by atoms with van der Waals surface area (Å²) in [7, 11) is -4.00. The average molecular weight is 182 g/mol. The Hall–Kier alpha value is -0.870. The smallest absolute Gasteiger partial charge is 0.313 e. The van der Waals surface area contributed by atoms with E-state index in [1.807, 2.05) is 0 Å². The third-order valence-corrected chi connectivity index (χ3v) is 2.29. The van der Waals surface area contributed by atoms with Gasteiger partial charge in [0.1, 0.15) is 12.3 Å². The van der Waals surface area contributed by atoms with Crippen LogP contribution in [0.4, 0.5) is 0 Å². The molecule has 0 fully saturated rings. The highest BCUT2D eigenvalue weighted by Gasteiger charge is 2.25. The Morgan fingerprint density at radius 2 is 1.36 bits per heavy atom. The van der Waals surface area contributed by atoms with E-state index in [1.54, 1.807) is 0 Å². The van der Waals surface area contributed by atoms with E-state index in [4.69, 9.17) is 15.1 Å². The SMILES string of the molecule is O=C(O)CP(=O)(O)CC(=O)O. The van der Waals surface area contributed by atoms with Crippen molar-refractivity contribution in [2.24, 2.45) is 0 Å². The average Bonchev–Trinajstić information content (AvgIpc) is 1.53. The molecule has 0 aliphatic heterocycles. The highest BCUT2D eigenvalue weighted by atomic mass is 31.2. The fraction of sp³-hybridized carbons (Fsp3) is 0.500. The molecule has 6 nitrogen and oxygen atoms in total. The van der Waals surface area contributed by atoms with E-state index in [1.165, 1.54) is 0 Å². The topological polar surface area (TPSA) is 112 Å². The van der Waals surface area contributed by atoms with Gasteiger partial charge in [-0.1, -0.05) is 0 Å². The highest BCUT2D eigenvalue weighted by molar-refractivity contribution is 7.59. The molecule has 3 N–H and O–H groups in total. The molecular formula is C4H7O6P. The zero-order chi connectivity index (χ0) is 9.07. The second-order valence-corrected chi connectivity index (χ2v) is 4.28. The largest absolute Gasteiger partial charge is 0.481 e. The van der Waals surface area contributed by atoms with Crippen molar-refractivity contribution in [3.05, 3.63) is 0 Å². The summed E-state index contributed by atoms with van der Waals surface area (Å²) in [6.07, 6.45) is -2.00. The van der Waals surface area contributed by atoms with Crippen LogP contribution in [0, 0.1) is 0 Å². The Morgan fingerprint density at radius 1 is 1.09 bits per heavy atom. The van der Waals surface area contributed by atoms with Gasteiger partial charge in [-0.05, 0) is 0 Å². The first kappa shape index (κ1) is 10.1. The van der Waals surface area contributed by atoms with E-state index in [0.29, 0.717) is 0 Å². The number of hydrogen-bond acceptors (Lipinski definition) is 3. The normalized spacial score (nSPS) is 11.0. The van der Waals surface area contributed by atoms with Crippen LogP contribution in [0.1, 0.15) is 0 Å². The maximum absolute atomic E-state index is 10.6. The molecule has 0 unspecified atom stereocenters. The van der Waals surface area contributed by atoms with Crippen molar-refractivity contribution >= 4 is 19.3 Å². The van der Waals surface area contributed by atoms with Gasteiger partial charge in [0.15, 0.2) is 0 Å². The van der Waals surface area contributed by atoms with Crippen LogP contribution in [0.5, 0.6) is 0 Å². The van der Waals surface area contributed by atoms with E-state index >= 15 is 0 Å². The molecule has 11 heavy (non-hydrogen) atoms. The van der Waals surface area contributed by atoms with Crippen LogP contribution in [0.2, 0.25) is 0 Å². The lowest BCUT2D eigenvalue weighted by Gasteiger charge is -2.03. The van der Waals surface area contributed by atoms with Gasteiger partial charge in [0.05, 0.1) is 0 Å². The molecule has 0 atom stereocenters. The standard InChI is InChI=1S/C4H7O6P/c5-3(6)1-11(9,10)2-4(7)8/h1-2H2,(H,5,6)(H,7,8)(H,9,10). The number of carbonyl (C=O) groups is 2. The van der Waals surface area contributed by atoms with Crippen molar-refractivity contribution in [1.82, 2.24) is 0 Å². The Bertz CT molecular complexity index is 201. The third-order valence-electron chi connectivity index (χ3n) is 0.765. The Balaban J connectivity index is 4.12. The van der Waals surface area contributed by atoms with E-state index in [-0.39, 0.29) is 0 Å². The van der Waals surface area contributed by atoms with Gasteiger partial charge in [0.25, 0.3) is 0 Å². The molecule has 64 valence electrons. The molecule has 0 aliphatic carbocycles. The molecule has 7 heteroatoms. The van der Waals surface area contributed by atoms with Gasteiger partial charge >= 0.3 is 11.9 Å². The van der Waals surface area contributed by atoms with Crippen LogP contribution < -0.4 is 0 Å². The lowest BCUT2D eigenvalue weighted by atomic mass is 10.8. The van der Waals surface area contributed by atoms with Crippen molar-refractivity contribution in [1.29, 1.82) is 0 Å². The minimum absolute atomic E-state index is 1.00. The van der Waals surface area contributed by atoms with E-state index in [9.17, 15) is 14.2 Å². The molecule has 0 rings (SSSR count). The second kappa shape index (κ2) is 3.50. The van der Waals surface area contributed by atoms with Crippen LogP contribution in [0.25, 0.3) is 0 Å². The summed E-state index contributed by atoms with van der Waals surface area (Å²) in [6.45, 7) is 0. The molecule has 0 bridgehead atoms. The van der Waals surface area contributed by atoms with Gasteiger partial charge in [-0.3, -0.25) is 14.2 Å². The quantitative estimate of drug-likeness (QED) is 0.501. The summed E-state index contributed by atoms with van der Waals surface area (Å²) < 4.78 is 10.6. The van der Waals surface area contributed by atoms with Gasteiger partial charge in [-0.25, -0.2) is 0 Å². The molecule has 0 saturated carbocycles. The van der Waals surface area contributed by atoms with Gasteiger partial charge in [-0.15, -0.1) is 0 Å². The molecule has 0 aromatic heterocycles. The second-order valence-electron chi connectivity index (χ2n) is 1.95.